The van der Waals surface area contributed by atoms with Gasteiger partial charge in [0.2, 0.25) is 0 Å². The molecule has 0 bridgehead atoms. The van der Waals surface area contributed by atoms with E-state index in [1.165, 1.54) is 6.07 Å². The predicted octanol–water partition coefficient (Wildman–Crippen LogP) is 5.35. The van der Waals surface area contributed by atoms with E-state index in [1.807, 2.05) is 6.07 Å². The molecule has 1 aliphatic carbocycles. The van der Waals surface area contributed by atoms with E-state index in [0.29, 0.717) is 21.2 Å². The smallest absolute Gasteiger partial charge is 0.131 e. The number of nitriles is 1. The van der Waals surface area contributed by atoms with Crippen LogP contribution in [-0.4, -0.2) is 0 Å². The first-order valence-corrected chi connectivity index (χ1v) is 6.98. The van der Waals surface area contributed by atoms with Crippen LogP contribution in [0.1, 0.15) is 18.4 Å². The molecule has 0 N–H and O–H groups in total. The van der Waals surface area contributed by atoms with Crippen LogP contribution in [0.5, 0.6) is 0 Å². The Kier molecular flexibility index (Phi) is 3.20. The van der Waals surface area contributed by atoms with Gasteiger partial charge < -0.3 is 0 Å². The van der Waals surface area contributed by atoms with Gasteiger partial charge in [0.05, 0.1) is 21.5 Å². The molecule has 0 heterocycles. The lowest BCUT2D eigenvalue weighted by Crippen LogP contribution is -2.03. The molecule has 0 radical (unpaired) electrons. The summed E-state index contributed by atoms with van der Waals surface area (Å²) in [6.45, 7) is 0. The van der Waals surface area contributed by atoms with Gasteiger partial charge in [0.25, 0.3) is 0 Å². The van der Waals surface area contributed by atoms with Crippen LogP contribution in [0.15, 0.2) is 36.4 Å². The van der Waals surface area contributed by atoms with Crippen LogP contribution in [0.3, 0.4) is 0 Å². The molecule has 1 fully saturated rings. The number of benzene rings is 2. The highest BCUT2D eigenvalue weighted by Crippen LogP contribution is 2.48. The highest BCUT2D eigenvalue weighted by atomic mass is 35.5. The van der Waals surface area contributed by atoms with Gasteiger partial charge in [0.15, 0.2) is 0 Å². The zero-order valence-corrected chi connectivity index (χ0v) is 12.0. The van der Waals surface area contributed by atoms with Crippen LogP contribution in [-0.2, 0) is 5.41 Å². The van der Waals surface area contributed by atoms with Crippen molar-refractivity contribution in [1.82, 2.24) is 0 Å². The fourth-order valence-corrected chi connectivity index (χ4v) is 2.60. The molecule has 0 spiro atoms. The number of nitrogens with zero attached hydrogens (tertiary/aromatic N) is 1. The number of rotatable bonds is 2. The van der Waals surface area contributed by atoms with Gasteiger partial charge in [-0.2, -0.15) is 5.26 Å². The maximum Gasteiger partial charge on any atom is 0.131 e. The molecule has 0 saturated heterocycles. The molecule has 0 atom stereocenters. The van der Waals surface area contributed by atoms with Gasteiger partial charge >= 0.3 is 0 Å². The van der Waals surface area contributed by atoms with E-state index in [9.17, 15) is 4.39 Å². The van der Waals surface area contributed by atoms with E-state index in [-0.39, 0.29) is 5.82 Å². The summed E-state index contributed by atoms with van der Waals surface area (Å²) in [5.41, 5.74) is 1.41. The number of hydrogen-bond donors (Lipinski definition) is 0. The second-order valence-corrected chi connectivity index (χ2v) is 5.83. The van der Waals surface area contributed by atoms with Gasteiger partial charge in [-0.1, -0.05) is 41.4 Å². The molecule has 20 heavy (non-hydrogen) atoms. The Morgan fingerprint density at radius 2 is 1.80 bits per heavy atom. The summed E-state index contributed by atoms with van der Waals surface area (Å²) < 4.78 is 14.3. The summed E-state index contributed by atoms with van der Waals surface area (Å²) in [6.07, 6.45) is 1.60. The van der Waals surface area contributed by atoms with Crippen molar-refractivity contribution in [3.63, 3.8) is 0 Å². The third-order valence-electron chi connectivity index (χ3n) is 3.72. The Hall–Kier alpha value is -1.56. The van der Waals surface area contributed by atoms with Gasteiger partial charge in [-0.15, -0.1) is 0 Å². The van der Waals surface area contributed by atoms with E-state index in [2.05, 4.69) is 6.07 Å². The van der Waals surface area contributed by atoms with E-state index < -0.39 is 5.41 Å². The first kappa shape index (κ1) is 13.4. The fraction of sp³-hybridized carbons (Fsp3) is 0.188. The monoisotopic (exact) mass is 305 g/mol. The van der Waals surface area contributed by atoms with Crippen LogP contribution >= 0.6 is 23.2 Å². The summed E-state index contributed by atoms with van der Waals surface area (Å²) in [6, 6.07) is 12.2. The van der Waals surface area contributed by atoms with E-state index >= 15 is 0 Å². The minimum atomic E-state index is -0.475. The van der Waals surface area contributed by atoms with Gasteiger partial charge in [-0.3, -0.25) is 0 Å². The van der Waals surface area contributed by atoms with Gasteiger partial charge in [-0.05, 0) is 42.2 Å². The summed E-state index contributed by atoms with van der Waals surface area (Å²) in [4.78, 5) is 0. The molecular weight excluding hydrogens is 296 g/mol. The molecule has 0 amide bonds. The summed E-state index contributed by atoms with van der Waals surface area (Å²) in [5, 5.41) is 9.98. The van der Waals surface area contributed by atoms with Gasteiger partial charge in [-0.25, -0.2) is 4.39 Å². The predicted molar refractivity (Wildman–Crippen MR) is 78.4 cm³/mol. The average Bonchev–Trinajstić information content (AvgIpc) is 3.23. The largest absolute Gasteiger partial charge is 0.206 e. The van der Waals surface area contributed by atoms with Crippen molar-refractivity contribution in [3.05, 3.63) is 57.8 Å². The Morgan fingerprint density at radius 3 is 2.35 bits per heavy atom. The Bertz CT molecular complexity index is 730. The molecule has 100 valence electrons. The molecule has 3 rings (SSSR count). The lowest BCUT2D eigenvalue weighted by Gasteiger charge is -2.10. The molecule has 0 aromatic heterocycles. The average molecular weight is 306 g/mol. The molecule has 1 saturated carbocycles. The fourth-order valence-electron chi connectivity index (χ4n) is 2.30. The summed E-state index contributed by atoms with van der Waals surface area (Å²) in [5.74, 6) is -0.345. The zero-order valence-electron chi connectivity index (χ0n) is 10.5. The standard InChI is InChI=1S/C16H10Cl2FN/c17-13-4-1-10(7-14(13)18)12-3-2-11(8-15(12)19)16(9-20)5-6-16/h1-4,7-8H,5-6H2. The van der Waals surface area contributed by atoms with Crippen molar-refractivity contribution >= 4 is 23.2 Å². The molecule has 1 aliphatic rings. The van der Waals surface area contributed by atoms with Crippen LogP contribution in [0, 0.1) is 17.1 Å². The molecule has 0 aliphatic heterocycles. The van der Waals surface area contributed by atoms with Crippen molar-refractivity contribution < 1.29 is 4.39 Å². The third-order valence-corrected chi connectivity index (χ3v) is 4.46. The Labute approximate surface area is 126 Å². The normalized spacial score (nSPS) is 15.7. The van der Waals surface area contributed by atoms with Crippen LogP contribution < -0.4 is 0 Å². The Morgan fingerprint density at radius 1 is 1.05 bits per heavy atom. The maximum atomic E-state index is 14.3. The SMILES string of the molecule is N#CC1(c2ccc(-c3ccc(Cl)c(Cl)c3)c(F)c2)CC1. The molecule has 4 heteroatoms. The van der Waals surface area contributed by atoms with E-state index in [4.69, 9.17) is 28.5 Å². The quantitative estimate of drug-likeness (QED) is 0.733. The van der Waals surface area contributed by atoms with Gasteiger partial charge in [0, 0.05) is 5.56 Å². The lowest BCUT2D eigenvalue weighted by atomic mass is 9.94. The molecule has 2 aromatic carbocycles. The summed E-state index contributed by atoms with van der Waals surface area (Å²) in [7, 11) is 0. The van der Waals surface area contributed by atoms with Crippen molar-refractivity contribution in [1.29, 1.82) is 5.26 Å². The summed E-state index contributed by atoms with van der Waals surface area (Å²) >= 11 is 11.8. The number of halogens is 3. The first-order valence-electron chi connectivity index (χ1n) is 6.22. The van der Waals surface area contributed by atoms with Crippen molar-refractivity contribution in [2.75, 3.05) is 0 Å². The van der Waals surface area contributed by atoms with Crippen LogP contribution in [0.2, 0.25) is 10.0 Å². The molecular formula is C16H10Cl2FN. The molecule has 1 nitrogen and oxygen atoms in total. The van der Waals surface area contributed by atoms with Crippen LogP contribution in [0.4, 0.5) is 4.39 Å². The third kappa shape index (κ3) is 2.18. The minimum Gasteiger partial charge on any atom is -0.206 e. The minimum absolute atomic E-state index is 0.345. The van der Waals surface area contributed by atoms with E-state index in [1.54, 1.807) is 24.3 Å². The molecule has 2 aromatic rings. The second kappa shape index (κ2) is 4.77. The zero-order chi connectivity index (χ0) is 14.3. The lowest BCUT2D eigenvalue weighted by molar-refractivity contribution is 0.627. The molecule has 0 unspecified atom stereocenters. The van der Waals surface area contributed by atoms with Crippen LogP contribution in [0.25, 0.3) is 11.1 Å². The second-order valence-electron chi connectivity index (χ2n) is 5.02. The van der Waals surface area contributed by atoms with Crippen molar-refractivity contribution in [3.8, 4) is 17.2 Å². The highest BCUT2D eigenvalue weighted by Gasteiger charge is 2.45. The Balaban J connectivity index is 2.03. The number of hydrogen-bond acceptors (Lipinski definition) is 1. The first-order chi connectivity index (χ1) is 9.55. The van der Waals surface area contributed by atoms with Crippen molar-refractivity contribution in [2.45, 2.75) is 18.3 Å². The highest BCUT2D eigenvalue weighted by molar-refractivity contribution is 6.42. The van der Waals surface area contributed by atoms with Crippen molar-refractivity contribution in [2.24, 2.45) is 0 Å². The maximum absolute atomic E-state index is 14.3. The van der Waals surface area contributed by atoms with Gasteiger partial charge in [0.1, 0.15) is 5.82 Å². The topological polar surface area (TPSA) is 23.8 Å². The van der Waals surface area contributed by atoms with E-state index in [0.717, 1.165) is 18.4 Å².